The quantitative estimate of drug-likeness (QED) is 0.509. The summed E-state index contributed by atoms with van der Waals surface area (Å²) >= 11 is 10.0. The van der Waals surface area contributed by atoms with Crippen LogP contribution in [-0.2, 0) is 20.9 Å². The van der Waals surface area contributed by atoms with Gasteiger partial charge in [-0.2, -0.15) is 0 Å². The van der Waals surface area contributed by atoms with Gasteiger partial charge in [0.15, 0.2) is 0 Å². The van der Waals surface area contributed by atoms with Crippen molar-refractivity contribution in [1.82, 2.24) is 14.8 Å². The van der Waals surface area contributed by atoms with Crippen molar-refractivity contribution in [1.29, 1.82) is 0 Å². The molecule has 2 saturated heterocycles. The highest BCUT2D eigenvalue weighted by molar-refractivity contribution is 9.10. The van der Waals surface area contributed by atoms with E-state index in [1.165, 1.54) is 16.7 Å². The number of amides is 2. The number of nitrogens with zero attached hydrogens (tertiary/aromatic N) is 2. The van der Waals surface area contributed by atoms with Crippen LogP contribution in [-0.4, -0.2) is 51.9 Å². The van der Waals surface area contributed by atoms with E-state index in [0.717, 1.165) is 40.4 Å². The Bertz CT molecular complexity index is 1030. The van der Waals surface area contributed by atoms with Crippen molar-refractivity contribution in [3.63, 3.8) is 0 Å². The summed E-state index contributed by atoms with van der Waals surface area (Å²) < 4.78 is 8.94. The maximum absolute atomic E-state index is 12.5. The monoisotopic (exact) mass is 493 g/mol. The van der Waals surface area contributed by atoms with E-state index < -0.39 is 0 Å². The van der Waals surface area contributed by atoms with Crippen LogP contribution in [0, 0.1) is 0 Å². The molecule has 2 aliphatic heterocycles. The van der Waals surface area contributed by atoms with Crippen molar-refractivity contribution in [3.05, 3.63) is 39.3 Å². The van der Waals surface area contributed by atoms with Crippen LogP contribution < -0.4 is 5.32 Å². The van der Waals surface area contributed by atoms with Crippen LogP contribution in [0.25, 0.3) is 17.0 Å². The predicted molar refractivity (Wildman–Crippen MR) is 123 cm³/mol. The number of likely N-dealkylation sites (N-methyl/N-ethyl adjacent to an activating group) is 1. The molecule has 2 amide bonds. The van der Waals surface area contributed by atoms with Crippen molar-refractivity contribution in [2.45, 2.75) is 25.5 Å². The maximum Gasteiger partial charge on any atom is 0.265 e. The van der Waals surface area contributed by atoms with Gasteiger partial charge in [0.05, 0.1) is 11.0 Å². The molecule has 0 spiro atoms. The summed E-state index contributed by atoms with van der Waals surface area (Å²) in [6, 6.07) is 5.90. The zero-order chi connectivity index (χ0) is 20.5. The fraction of sp³-hybridized carbons (Fsp3) is 0.350. The zero-order valence-electron chi connectivity index (χ0n) is 15.8. The molecule has 0 bridgehead atoms. The van der Waals surface area contributed by atoms with E-state index in [2.05, 4.69) is 21.2 Å². The molecule has 2 aromatic rings. The minimum Gasteiger partial charge on any atom is -0.376 e. The molecule has 0 unspecified atom stereocenters. The summed E-state index contributed by atoms with van der Waals surface area (Å²) in [5, 5.41) is 3.92. The lowest BCUT2D eigenvalue weighted by molar-refractivity contribution is -0.122. The van der Waals surface area contributed by atoms with Gasteiger partial charge < -0.3 is 14.6 Å². The lowest BCUT2D eigenvalue weighted by Gasteiger charge is -2.11. The Morgan fingerprint density at radius 3 is 3.00 bits per heavy atom. The maximum atomic E-state index is 12.5. The van der Waals surface area contributed by atoms with Crippen LogP contribution in [0.1, 0.15) is 18.4 Å². The molecule has 1 atom stereocenters. The second-order valence-electron chi connectivity index (χ2n) is 7.05. The van der Waals surface area contributed by atoms with Gasteiger partial charge in [0.25, 0.3) is 5.91 Å². The lowest BCUT2D eigenvalue weighted by Crippen LogP contribution is -2.34. The van der Waals surface area contributed by atoms with Crippen molar-refractivity contribution >= 4 is 73.0 Å². The van der Waals surface area contributed by atoms with Crippen LogP contribution in [0.2, 0.25) is 0 Å². The molecule has 6 nitrogen and oxygen atoms in total. The topological polar surface area (TPSA) is 63.6 Å². The predicted octanol–water partition coefficient (Wildman–Crippen LogP) is 3.53. The van der Waals surface area contributed by atoms with E-state index in [1.54, 1.807) is 7.05 Å². The molecule has 1 aromatic heterocycles. The van der Waals surface area contributed by atoms with Crippen molar-refractivity contribution in [3.8, 4) is 0 Å². The fourth-order valence-electron chi connectivity index (χ4n) is 3.47. The molecule has 9 heteroatoms. The van der Waals surface area contributed by atoms with Gasteiger partial charge in [-0.25, -0.2) is 0 Å². The number of benzene rings is 1. The molecule has 1 aromatic carbocycles. The number of thiocarbonyl (C=S) groups is 1. The van der Waals surface area contributed by atoms with E-state index in [1.807, 2.05) is 35.0 Å². The first-order chi connectivity index (χ1) is 13.9. The highest BCUT2D eigenvalue weighted by Gasteiger charge is 2.29. The molecule has 2 fully saturated rings. The Balaban J connectivity index is 1.59. The molecule has 0 aliphatic carbocycles. The summed E-state index contributed by atoms with van der Waals surface area (Å²) in [4.78, 5) is 26.9. The molecule has 3 heterocycles. The number of hydrogen-bond donors (Lipinski definition) is 1. The lowest BCUT2D eigenvalue weighted by atomic mass is 10.1. The summed E-state index contributed by atoms with van der Waals surface area (Å²) in [7, 11) is 1.68. The summed E-state index contributed by atoms with van der Waals surface area (Å²) in [6.07, 6.45) is 5.90. The second-order valence-corrected chi connectivity index (χ2v) is 9.65. The van der Waals surface area contributed by atoms with Crippen molar-refractivity contribution in [2.75, 3.05) is 20.2 Å². The zero-order valence-corrected chi connectivity index (χ0v) is 19.0. The minimum absolute atomic E-state index is 0.0632. The van der Waals surface area contributed by atoms with Crippen LogP contribution >= 0.6 is 39.9 Å². The number of nitrogens with one attached hydrogen (secondary N) is 1. The van der Waals surface area contributed by atoms with Gasteiger partial charge >= 0.3 is 0 Å². The Hall–Kier alpha value is -1.68. The number of hydrogen-bond acceptors (Lipinski definition) is 5. The van der Waals surface area contributed by atoms with Gasteiger partial charge in [0, 0.05) is 47.3 Å². The summed E-state index contributed by atoms with van der Waals surface area (Å²) in [5.74, 6) is -0.169. The van der Waals surface area contributed by atoms with Gasteiger partial charge in [-0.3, -0.25) is 14.5 Å². The third kappa shape index (κ3) is 4.42. The van der Waals surface area contributed by atoms with Gasteiger partial charge in [-0.05, 0) is 37.1 Å². The Labute approximate surface area is 186 Å². The Morgan fingerprint density at radius 2 is 2.31 bits per heavy atom. The molecule has 29 heavy (non-hydrogen) atoms. The van der Waals surface area contributed by atoms with Gasteiger partial charge in [0.2, 0.25) is 5.91 Å². The smallest absolute Gasteiger partial charge is 0.265 e. The molecular formula is C20H20BrN3O3S2. The number of thioether (sulfide) groups is 1. The summed E-state index contributed by atoms with van der Waals surface area (Å²) in [5.41, 5.74) is 1.81. The SMILES string of the molecule is CN1C(=O)/C(=C/c2cn(CC(=O)NC[C@@H]3CCCO3)c3ccc(Br)cc23)SC1=S. The van der Waals surface area contributed by atoms with E-state index in [-0.39, 0.29) is 24.5 Å². The highest BCUT2D eigenvalue weighted by Crippen LogP contribution is 2.34. The third-order valence-corrected chi connectivity index (χ3v) is 6.99. The van der Waals surface area contributed by atoms with E-state index in [9.17, 15) is 9.59 Å². The average Bonchev–Trinajstić information content (AvgIpc) is 3.38. The Morgan fingerprint density at radius 1 is 1.48 bits per heavy atom. The highest BCUT2D eigenvalue weighted by atomic mass is 79.9. The van der Waals surface area contributed by atoms with Gasteiger partial charge in [-0.1, -0.05) is 39.9 Å². The minimum atomic E-state index is -0.106. The number of carbonyl (C=O) groups excluding carboxylic acids is 2. The van der Waals surface area contributed by atoms with Crippen molar-refractivity contribution in [2.24, 2.45) is 0 Å². The second kappa shape index (κ2) is 8.59. The van der Waals surface area contributed by atoms with Crippen LogP contribution in [0.5, 0.6) is 0 Å². The first kappa shape index (κ1) is 20.6. The van der Waals surface area contributed by atoms with Crippen LogP contribution in [0.15, 0.2) is 33.8 Å². The van der Waals surface area contributed by atoms with Gasteiger partial charge in [-0.15, -0.1) is 0 Å². The number of carbonyl (C=O) groups is 2. The fourth-order valence-corrected chi connectivity index (χ4v) is 5.00. The molecule has 152 valence electrons. The van der Waals surface area contributed by atoms with Crippen molar-refractivity contribution < 1.29 is 14.3 Å². The molecule has 1 N–H and O–H groups in total. The standard InChI is InChI=1S/C20H20BrN3O3S2/c1-23-19(26)17(29-20(23)28)7-12-10-24(16-5-4-13(21)8-15(12)16)11-18(25)22-9-14-3-2-6-27-14/h4-5,7-8,10,14H,2-3,6,9,11H2,1H3,(H,22,25)/b17-7-/t14-/m0/s1. The molecule has 0 radical (unpaired) electrons. The summed E-state index contributed by atoms with van der Waals surface area (Å²) in [6.45, 7) is 1.51. The van der Waals surface area contributed by atoms with E-state index >= 15 is 0 Å². The van der Waals surface area contributed by atoms with Crippen LogP contribution in [0.4, 0.5) is 0 Å². The largest absolute Gasteiger partial charge is 0.376 e. The van der Waals surface area contributed by atoms with E-state index in [0.29, 0.717) is 15.8 Å². The molecule has 2 aliphatic rings. The Kier molecular flexibility index (Phi) is 6.10. The first-order valence-electron chi connectivity index (χ1n) is 9.30. The van der Waals surface area contributed by atoms with Gasteiger partial charge in [0.1, 0.15) is 10.9 Å². The first-order valence-corrected chi connectivity index (χ1v) is 11.3. The molecule has 0 saturated carbocycles. The molecular weight excluding hydrogens is 474 g/mol. The van der Waals surface area contributed by atoms with E-state index in [4.69, 9.17) is 17.0 Å². The normalized spacial score (nSPS) is 21.0. The number of halogens is 1. The third-order valence-electron chi connectivity index (χ3n) is 5.01. The number of fused-ring (bicyclic) bond motifs is 1. The van der Waals surface area contributed by atoms with Crippen LogP contribution in [0.3, 0.4) is 0 Å². The average molecular weight is 494 g/mol. The number of rotatable bonds is 5. The number of ether oxygens (including phenoxy) is 1. The number of aromatic nitrogens is 1. The molecule has 4 rings (SSSR count).